The summed E-state index contributed by atoms with van der Waals surface area (Å²) in [7, 11) is -2.12. The summed E-state index contributed by atoms with van der Waals surface area (Å²) in [6, 6.07) is 1.01. The molecule has 0 aromatic carbocycles. The Hall–Kier alpha value is -1.46. The molecule has 19 heavy (non-hydrogen) atoms. The highest BCUT2D eigenvalue weighted by Crippen LogP contribution is 2.34. The molecule has 1 saturated heterocycles. The predicted octanol–water partition coefficient (Wildman–Crippen LogP) is -3.66. The molecule has 0 radical (unpaired) electrons. The van der Waals surface area contributed by atoms with Crippen LogP contribution in [0.15, 0.2) is 21.9 Å². The van der Waals surface area contributed by atoms with Crippen molar-refractivity contribution in [3.05, 3.63) is 33.1 Å². The third kappa shape index (κ3) is 2.24. The first-order valence-corrected chi connectivity index (χ1v) is 5.56. The van der Waals surface area contributed by atoms with Gasteiger partial charge in [0.05, 0.1) is 12.7 Å². The number of ether oxygens (including phenoxy) is 1. The molecule has 3 unspecified atom stereocenters. The molecule has 3 atom stereocenters. The van der Waals surface area contributed by atoms with Crippen LogP contribution in [0.25, 0.3) is 0 Å². The lowest BCUT2D eigenvalue weighted by atomic mass is 9.72. The maximum atomic E-state index is 11.7. The van der Waals surface area contributed by atoms with E-state index in [9.17, 15) is 24.7 Å². The summed E-state index contributed by atoms with van der Waals surface area (Å²) in [5.74, 6) is 0. The molecular formula is C9H13BN2O7. The molecular weight excluding hydrogens is 259 g/mol. The number of H-pyrrole nitrogens is 1. The van der Waals surface area contributed by atoms with E-state index in [2.05, 4.69) is 0 Å². The first kappa shape index (κ1) is 14.0. The van der Waals surface area contributed by atoms with Crippen LogP contribution in [0.1, 0.15) is 6.42 Å². The Bertz CT molecular complexity index is 570. The van der Waals surface area contributed by atoms with Gasteiger partial charge in [0.1, 0.15) is 6.10 Å². The highest BCUT2D eigenvalue weighted by molar-refractivity contribution is 6.43. The molecule has 0 bridgehead atoms. The average Bonchev–Trinajstić information content (AvgIpc) is 2.67. The SMILES string of the molecule is O=c1ccn(C2(B(O)O)CC(O)C(CO)O2)c(=O)[nH]1. The van der Waals surface area contributed by atoms with Crippen molar-refractivity contribution in [3.8, 4) is 0 Å². The van der Waals surface area contributed by atoms with Gasteiger partial charge in [0.2, 0.25) is 0 Å². The quantitative estimate of drug-likeness (QED) is 0.356. The van der Waals surface area contributed by atoms with E-state index in [1.165, 1.54) is 0 Å². The Morgan fingerprint density at radius 1 is 1.53 bits per heavy atom. The number of aliphatic hydroxyl groups excluding tert-OH is 2. The van der Waals surface area contributed by atoms with E-state index in [-0.39, 0.29) is 6.42 Å². The Kier molecular flexibility index (Phi) is 3.61. The summed E-state index contributed by atoms with van der Waals surface area (Å²) in [5.41, 5.74) is -3.51. The van der Waals surface area contributed by atoms with Gasteiger partial charge in [0.15, 0.2) is 5.62 Å². The maximum absolute atomic E-state index is 11.7. The fourth-order valence-corrected chi connectivity index (χ4v) is 2.14. The minimum absolute atomic E-state index is 0.318. The van der Waals surface area contributed by atoms with Gasteiger partial charge in [-0.25, -0.2) is 4.79 Å². The van der Waals surface area contributed by atoms with Gasteiger partial charge in [-0.2, -0.15) is 0 Å². The Labute approximate surface area is 106 Å². The number of rotatable bonds is 3. The smallest absolute Gasteiger partial charge is 0.424 e. The van der Waals surface area contributed by atoms with Gasteiger partial charge in [-0.3, -0.25) is 14.3 Å². The van der Waals surface area contributed by atoms with Crippen molar-refractivity contribution in [2.75, 3.05) is 6.61 Å². The van der Waals surface area contributed by atoms with Crippen LogP contribution in [0.2, 0.25) is 0 Å². The van der Waals surface area contributed by atoms with Crippen LogP contribution in [-0.4, -0.2) is 55.7 Å². The summed E-state index contributed by atoms with van der Waals surface area (Å²) in [6.45, 7) is -0.548. The molecule has 104 valence electrons. The summed E-state index contributed by atoms with van der Waals surface area (Å²) < 4.78 is 6.00. The lowest BCUT2D eigenvalue weighted by Crippen LogP contribution is -2.54. The van der Waals surface area contributed by atoms with Crippen molar-refractivity contribution in [1.82, 2.24) is 9.55 Å². The van der Waals surface area contributed by atoms with Gasteiger partial charge in [-0.1, -0.05) is 0 Å². The molecule has 1 aliphatic heterocycles. The number of hydrogen-bond donors (Lipinski definition) is 5. The van der Waals surface area contributed by atoms with Gasteiger partial charge >= 0.3 is 12.8 Å². The number of aromatic amines is 1. The number of nitrogens with one attached hydrogen (secondary N) is 1. The Morgan fingerprint density at radius 3 is 2.68 bits per heavy atom. The van der Waals surface area contributed by atoms with E-state index in [0.29, 0.717) is 0 Å². The van der Waals surface area contributed by atoms with E-state index in [0.717, 1.165) is 16.8 Å². The van der Waals surface area contributed by atoms with Crippen LogP contribution in [-0.2, 0) is 10.4 Å². The zero-order valence-corrected chi connectivity index (χ0v) is 9.76. The van der Waals surface area contributed by atoms with Crippen LogP contribution in [0, 0.1) is 0 Å². The molecule has 2 heterocycles. The summed E-state index contributed by atoms with van der Waals surface area (Å²) in [6.07, 6.45) is -1.51. The first-order chi connectivity index (χ1) is 8.90. The molecule has 1 aromatic rings. The van der Waals surface area contributed by atoms with Gasteiger partial charge in [-0.05, 0) is 0 Å². The van der Waals surface area contributed by atoms with Crippen molar-refractivity contribution in [2.24, 2.45) is 0 Å². The molecule has 1 fully saturated rings. The topological polar surface area (TPSA) is 145 Å². The molecule has 0 aliphatic carbocycles. The van der Waals surface area contributed by atoms with E-state index in [1.54, 1.807) is 0 Å². The number of aromatic nitrogens is 2. The standard InChI is InChI=1S/C9H13BN2O7/c13-4-6-5(14)3-9(19-6,10(17)18)12-2-1-7(15)11-8(12)16/h1-2,5-6,13-14,17-18H,3-4H2,(H,11,15,16). The van der Waals surface area contributed by atoms with E-state index in [4.69, 9.17) is 9.84 Å². The van der Waals surface area contributed by atoms with Gasteiger partial charge < -0.3 is 25.0 Å². The molecule has 2 rings (SSSR count). The van der Waals surface area contributed by atoms with Crippen LogP contribution >= 0.6 is 0 Å². The number of hydrogen-bond acceptors (Lipinski definition) is 7. The van der Waals surface area contributed by atoms with E-state index >= 15 is 0 Å². The minimum Gasteiger partial charge on any atom is -0.424 e. The van der Waals surface area contributed by atoms with Crippen molar-refractivity contribution in [3.63, 3.8) is 0 Å². The molecule has 0 spiro atoms. The molecule has 0 saturated carbocycles. The fourth-order valence-electron chi connectivity index (χ4n) is 2.14. The number of aliphatic hydroxyl groups is 2. The Morgan fingerprint density at radius 2 is 2.21 bits per heavy atom. The van der Waals surface area contributed by atoms with E-state index < -0.39 is 42.8 Å². The predicted molar refractivity (Wildman–Crippen MR) is 62.1 cm³/mol. The highest BCUT2D eigenvalue weighted by Gasteiger charge is 2.55. The lowest BCUT2D eigenvalue weighted by molar-refractivity contribution is -0.0866. The maximum Gasteiger partial charge on any atom is 0.508 e. The van der Waals surface area contributed by atoms with Crippen LogP contribution in [0.5, 0.6) is 0 Å². The minimum atomic E-state index is -2.12. The summed E-state index contributed by atoms with van der Waals surface area (Å²) in [5, 5.41) is 37.6. The van der Waals surface area contributed by atoms with Crippen molar-refractivity contribution < 1.29 is 25.0 Å². The molecule has 5 N–H and O–H groups in total. The van der Waals surface area contributed by atoms with Crippen molar-refractivity contribution in [2.45, 2.75) is 24.3 Å². The average molecular weight is 272 g/mol. The van der Waals surface area contributed by atoms with Gasteiger partial charge in [0, 0.05) is 18.7 Å². The second-order valence-electron chi connectivity index (χ2n) is 4.31. The first-order valence-electron chi connectivity index (χ1n) is 5.56. The normalized spacial score (nSPS) is 30.5. The second-order valence-corrected chi connectivity index (χ2v) is 4.31. The fraction of sp³-hybridized carbons (Fsp3) is 0.556. The lowest BCUT2D eigenvalue weighted by Gasteiger charge is -2.29. The molecule has 9 nitrogen and oxygen atoms in total. The third-order valence-corrected chi connectivity index (χ3v) is 3.10. The second kappa shape index (κ2) is 4.91. The molecule has 10 heteroatoms. The molecule has 0 amide bonds. The largest absolute Gasteiger partial charge is 0.508 e. The zero-order valence-electron chi connectivity index (χ0n) is 9.76. The van der Waals surface area contributed by atoms with E-state index in [1.807, 2.05) is 4.98 Å². The Balaban J connectivity index is 2.53. The zero-order chi connectivity index (χ0) is 14.2. The third-order valence-electron chi connectivity index (χ3n) is 3.10. The summed E-state index contributed by atoms with van der Waals surface area (Å²) >= 11 is 0. The monoisotopic (exact) mass is 272 g/mol. The van der Waals surface area contributed by atoms with Crippen LogP contribution in [0.4, 0.5) is 0 Å². The van der Waals surface area contributed by atoms with Gasteiger partial charge in [0.25, 0.3) is 5.56 Å². The molecule has 1 aromatic heterocycles. The summed E-state index contributed by atoms with van der Waals surface area (Å²) in [4.78, 5) is 24.6. The van der Waals surface area contributed by atoms with Crippen LogP contribution < -0.4 is 11.2 Å². The van der Waals surface area contributed by atoms with Crippen molar-refractivity contribution >= 4 is 7.12 Å². The van der Waals surface area contributed by atoms with Crippen LogP contribution in [0.3, 0.4) is 0 Å². The van der Waals surface area contributed by atoms with Crippen molar-refractivity contribution in [1.29, 1.82) is 0 Å². The van der Waals surface area contributed by atoms with Gasteiger partial charge in [-0.15, -0.1) is 0 Å². The highest BCUT2D eigenvalue weighted by atomic mass is 16.6. The number of nitrogens with zero attached hydrogens (tertiary/aromatic N) is 1. The molecule has 1 aliphatic rings.